The van der Waals surface area contributed by atoms with Crippen molar-refractivity contribution < 1.29 is 27.8 Å². The number of rotatable bonds is 5. The van der Waals surface area contributed by atoms with Gasteiger partial charge in [0.05, 0.1) is 24.6 Å². The zero-order valence-electron chi connectivity index (χ0n) is 17.3. The number of benzene rings is 1. The molecule has 2 aliphatic rings. The molecule has 2 aromatic rings. The van der Waals surface area contributed by atoms with E-state index in [2.05, 4.69) is 26.1 Å². The Kier molecular flexibility index (Phi) is 5.85. The van der Waals surface area contributed by atoms with E-state index in [9.17, 15) is 23.2 Å². The lowest BCUT2D eigenvalue weighted by molar-refractivity contribution is -0.0164. The van der Waals surface area contributed by atoms with Gasteiger partial charge in [-0.2, -0.15) is 5.26 Å². The molecule has 1 aromatic carbocycles. The number of aliphatic imine (C=N–C) groups is 1. The van der Waals surface area contributed by atoms with Gasteiger partial charge in [-0.25, -0.2) is 27.9 Å². The number of aromatic nitrogens is 1. The second-order valence-corrected chi connectivity index (χ2v) is 8.67. The Morgan fingerprint density at radius 1 is 1.42 bits per heavy atom. The molecule has 172 valence electrons. The second-order valence-electron chi connectivity index (χ2n) is 7.77. The first-order valence-electron chi connectivity index (χ1n) is 9.79. The summed E-state index contributed by atoms with van der Waals surface area (Å²) in [5, 5.41) is 24.2. The van der Waals surface area contributed by atoms with Crippen molar-refractivity contribution in [1.82, 2.24) is 15.2 Å². The van der Waals surface area contributed by atoms with E-state index in [0.29, 0.717) is 16.4 Å². The number of hydrogen-bond donors (Lipinski definition) is 2. The molecule has 0 spiro atoms. The third-order valence-electron chi connectivity index (χ3n) is 5.46. The summed E-state index contributed by atoms with van der Waals surface area (Å²) in [5.41, 5.74) is -0.381. The van der Waals surface area contributed by atoms with Crippen molar-refractivity contribution >= 4 is 23.3 Å². The highest BCUT2D eigenvalue weighted by molar-refractivity contribution is 7.11. The smallest absolute Gasteiger partial charge is 0.450 e. The fourth-order valence-corrected chi connectivity index (χ4v) is 4.55. The first-order chi connectivity index (χ1) is 15.6. The van der Waals surface area contributed by atoms with Crippen LogP contribution in [0.2, 0.25) is 0 Å². The first kappa shape index (κ1) is 22.8. The molecule has 2 N–H and O–H groups in total. The quantitative estimate of drug-likeness (QED) is 0.632. The van der Waals surface area contributed by atoms with Gasteiger partial charge in [0.1, 0.15) is 11.4 Å². The van der Waals surface area contributed by atoms with Crippen LogP contribution >= 0.6 is 11.3 Å². The molecule has 0 aliphatic carbocycles. The fourth-order valence-electron chi connectivity index (χ4n) is 3.97. The number of thiazole rings is 1. The van der Waals surface area contributed by atoms with Crippen molar-refractivity contribution in [3.8, 4) is 6.07 Å². The van der Waals surface area contributed by atoms with Gasteiger partial charge in [-0.05, 0) is 24.6 Å². The number of nitrogens with one attached hydrogen (secondary N) is 1. The molecule has 0 amide bonds. The molecular weight excluding hydrogens is 459 g/mol. The molecule has 0 unspecified atom stereocenters. The maximum absolute atomic E-state index is 14.1. The molecule has 0 radical (unpaired) electrons. The van der Waals surface area contributed by atoms with Crippen LogP contribution in [-0.2, 0) is 10.3 Å². The predicted molar refractivity (Wildman–Crippen MR) is 112 cm³/mol. The topological polar surface area (TPSA) is 111 Å². The van der Waals surface area contributed by atoms with Crippen LogP contribution in [-0.4, -0.2) is 52.2 Å². The second kappa shape index (κ2) is 8.49. The van der Waals surface area contributed by atoms with Gasteiger partial charge in [-0.15, -0.1) is 11.3 Å². The third kappa shape index (κ3) is 4.55. The molecule has 33 heavy (non-hydrogen) atoms. The molecule has 1 saturated heterocycles. The maximum atomic E-state index is 14.1. The maximum Gasteiger partial charge on any atom is 0.507 e. The van der Waals surface area contributed by atoms with Crippen molar-refractivity contribution in [3.63, 3.8) is 0 Å². The number of carbonyl (C=O) groups is 1. The molecule has 8 nitrogen and oxygen atoms in total. The summed E-state index contributed by atoms with van der Waals surface area (Å²) in [6.45, 7) is 0.695. The van der Waals surface area contributed by atoms with Crippen LogP contribution < -0.4 is 5.32 Å². The normalized spacial score (nSPS) is 24.7. The minimum absolute atomic E-state index is 0.124. The van der Waals surface area contributed by atoms with Crippen molar-refractivity contribution in [3.05, 3.63) is 63.5 Å². The highest BCUT2D eigenvalue weighted by Gasteiger charge is 2.48. The highest BCUT2D eigenvalue weighted by Crippen LogP contribution is 2.39. The number of hydrogen-bond acceptors (Lipinski definition) is 8. The Morgan fingerprint density at radius 3 is 2.76 bits per heavy atom. The molecule has 1 aromatic heterocycles. The Balaban J connectivity index is 1.78. The third-order valence-corrected chi connectivity index (χ3v) is 6.24. The lowest BCUT2D eigenvalue weighted by Gasteiger charge is -2.34. The van der Waals surface area contributed by atoms with Gasteiger partial charge in [0, 0.05) is 23.8 Å². The fraction of sp³-hybridized carbons (Fsp3) is 0.333. The lowest BCUT2D eigenvalue weighted by Crippen LogP contribution is -2.44. The molecule has 4 rings (SSSR count). The van der Waals surface area contributed by atoms with Crippen molar-refractivity contribution in [1.29, 1.82) is 5.26 Å². The predicted octanol–water partition coefficient (Wildman–Crippen LogP) is 3.69. The summed E-state index contributed by atoms with van der Waals surface area (Å²) in [4.78, 5) is 21.1. The standard InChI is InChI=1S/C21H18F3N5O3S/c1-20(12-2-4-13(22)5-3-12)14(9-25)15(27-17(28-20)18-26-6-7-33-18)10-29-11-21(23,24)8-16(29)32-19(30)31/h2-7,16H,8,10-11H2,1H3,(H,27,28)(H,30,31)/t16-,20-/m0/s1. The lowest BCUT2D eigenvalue weighted by atomic mass is 9.83. The number of ether oxygens (including phenoxy) is 1. The summed E-state index contributed by atoms with van der Waals surface area (Å²) in [5.74, 6) is -3.31. The zero-order chi connectivity index (χ0) is 23.8. The summed E-state index contributed by atoms with van der Waals surface area (Å²) in [7, 11) is 0. The number of alkyl halides is 2. The zero-order valence-corrected chi connectivity index (χ0v) is 18.1. The minimum Gasteiger partial charge on any atom is -0.450 e. The van der Waals surface area contributed by atoms with Crippen molar-refractivity contribution in [2.45, 2.75) is 31.0 Å². The number of carboxylic acid groups (broad SMARTS) is 1. The Bertz CT molecular complexity index is 1160. The summed E-state index contributed by atoms with van der Waals surface area (Å²) in [6, 6.07) is 7.59. The van der Waals surface area contributed by atoms with E-state index in [1.165, 1.54) is 35.6 Å². The van der Waals surface area contributed by atoms with Crippen molar-refractivity contribution in [2.75, 3.05) is 13.1 Å². The number of nitriles is 1. The molecule has 2 aliphatic heterocycles. The van der Waals surface area contributed by atoms with Crippen LogP contribution in [0.5, 0.6) is 0 Å². The molecule has 3 heterocycles. The monoisotopic (exact) mass is 477 g/mol. The van der Waals surface area contributed by atoms with Gasteiger partial charge in [-0.1, -0.05) is 12.1 Å². The van der Waals surface area contributed by atoms with Gasteiger partial charge in [-0.3, -0.25) is 4.90 Å². The van der Waals surface area contributed by atoms with E-state index in [-0.39, 0.29) is 17.8 Å². The number of likely N-dealkylation sites (tertiary alicyclic amines) is 1. The highest BCUT2D eigenvalue weighted by atomic mass is 32.1. The van der Waals surface area contributed by atoms with Crippen LogP contribution in [0, 0.1) is 17.1 Å². The van der Waals surface area contributed by atoms with Crippen LogP contribution in [0.15, 0.2) is 52.1 Å². The van der Waals surface area contributed by atoms with E-state index >= 15 is 0 Å². The van der Waals surface area contributed by atoms with Crippen molar-refractivity contribution in [2.24, 2.45) is 4.99 Å². The Hall–Kier alpha value is -3.43. The Morgan fingerprint density at radius 2 is 2.15 bits per heavy atom. The van der Waals surface area contributed by atoms with E-state index in [1.807, 2.05) is 0 Å². The SMILES string of the molecule is C[C@@]1(c2ccc(F)cc2)N=C(c2nccs2)NC(CN2CC(F)(F)C[C@@H]2OC(=O)O)=C1C#N. The van der Waals surface area contributed by atoms with E-state index in [1.54, 1.807) is 18.5 Å². The molecule has 2 atom stereocenters. The molecule has 0 saturated carbocycles. The van der Waals surface area contributed by atoms with Gasteiger partial charge in [0.2, 0.25) is 0 Å². The molecular formula is C21H18F3N5O3S. The van der Waals surface area contributed by atoms with Crippen LogP contribution in [0.25, 0.3) is 0 Å². The summed E-state index contributed by atoms with van der Waals surface area (Å²) < 4.78 is 46.4. The van der Waals surface area contributed by atoms with Crippen LogP contribution in [0.4, 0.5) is 18.0 Å². The minimum atomic E-state index is -3.16. The first-order valence-corrected chi connectivity index (χ1v) is 10.7. The largest absolute Gasteiger partial charge is 0.507 e. The number of halogens is 3. The summed E-state index contributed by atoms with van der Waals surface area (Å²) >= 11 is 1.28. The average Bonchev–Trinajstić information content (AvgIpc) is 3.36. The number of amidine groups is 1. The van der Waals surface area contributed by atoms with E-state index in [0.717, 1.165) is 4.90 Å². The number of nitrogens with zero attached hydrogens (tertiary/aromatic N) is 4. The van der Waals surface area contributed by atoms with Gasteiger partial charge >= 0.3 is 6.16 Å². The Labute approximate surface area is 190 Å². The van der Waals surface area contributed by atoms with E-state index in [4.69, 9.17) is 5.11 Å². The average molecular weight is 477 g/mol. The summed E-state index contributed by atoms with van der Waals surface area (Å²) in [6.07, 6.45) is -2.28. The van der Waals surface area contributed by atoms with Gasteiger partial charge in [0.25, 0.3) is 5.92 Å². The van der Waals surface area contributed by atoms with Gasteiger partial charge < -0.3 is 15.2 Å². The molecule has 0 bridgehead atoms. The van der Waals surface area contributed by atoms with E-state index < -0.39 is 42.6 Å². The van der Waals surface area contributed by atoms with Gasteiger partial charge in [0.15, 0.2) is 17.1 Å². The van der Waals surface area contributed by atoms with Crippen LogP contribution in [0.1, 0.15) is 23.9 Å². The molecule has 1 fully saturated rings. The van der Waals surface area contributed by atoms with Crippen LogP contribution in [0.3, 0.4) is 0 Å². The molecule has 12 heteroatoms.